The van der Waals surface area contributed by atoms with E-state index in [4.69, 9.17) is 15.1 Å². The Kier molecular flexibility index (Phi) is 3.85. The van der Waals surface area contributed by atoms with E-state index in [0.29, 0.717) is 5.75 Å². The van der Waals surface area contributed by atoms with Crippen molar-refractivity contribution in [2.45, 2.75) is 17.8 Å². The molecule has 0 spiro atoms. The number of carboxylic acids is 1. The van der Waals surface area contributed by atoms with E-state index in [2.05, 4.69) is 5.32 Å². The summed E-state index contributed by atoms with van der Waals surface area (Å²) in [6.07, 6.45) is -0.341. The Morgan fingerprint density at radius 1 is 1.65 bits per heavy atom. The van der Waals surface area contributed by atoms with Crippen molar-refractivity contribution >= 4 is 29.5 Å². The molecule has 0 aromatic carbocycles. The third-order valence-corrected chi connectivity index (χ3v) is 4.19. The topological polar surface area (TPSA) is 120 Å². The van der Waals surface area contributed by atoms with Gasteiger partial charge in [0, 0.05) is 0 Å². The van der Waals surface area contributed by atoms with Crippen LogP contribution in [-0.4, -0.2) is 52.1 Å². The molecule has 0 radical (unpaired) electrons. The molecular weight excluding hydrogens is 286 g/mol. The standard InChI is InChI=1S/C11H11N3O5S/c1-19-5-4-20-10-7(13-6(15)2-3-12)9(16)14(10)8(5)11(17)18/h7,10H,2,4H2,1H3,(H,13,15)(H,17,18)/t7-,10-/m1/s1. The zero-order valence-corrected chi connectivity index (χ0v) is 11.3. The summed E-state index contributed by atoms with van der Waals surface area (Å²) in [5.74, 6) is -1.79. The highest BCUT2D eigenvalue weighted by atomic mass is 32.2. The van der Waals surface area contributed by atoms with Gasteiger partial charge in [0.05, 0.1) is 18.9 Å². The summed E-state index contributed by atoms with van der Waals surface area (Å²) < 4.78 is 4.97. The SMILES string of the molecule is COC1=C(C(=O)O)N2C(=O)[C@@H](NC(=O)CC#N)[C@H]2SC1. The lowest BCUT2D eigenvalue weighted by atomic mass is 10.0. The molecule has 106 valence electrons. The van der Waals surface area contributed by atoms with Gasteiger partial charge >= 0.3 is 5.97 Å². The number of hydrogen-bond donors (Lipinski definition) is 2. The fourth-order valence-electron chi connectivity index (χ4n) is 2.04. The van der Waals surface area contributed by atoms with Gasteiger partial charge in [-0.2, -0.15) is 5.26 Å². The first-order chi connectivity index (χ1) is 9.51. The predicted octanol–water partition coefficient (Wildman–Crippen LogP) is -0.757. The number of rotatable bonds is 4. The van der Waals surface area contributed by atoms with Crippen LogP contribution in [0.25, 0.3) is 0 Å². The number of ether oxygens (including phenoxy) is 1. The van der Waals surface area contributed by atoms with E-state index in [9.17, 15) is 14.4 Å². The molecule has 2 aliphatic rings. The summed E-state index contributed by atoms with van der Waals surface area (Å²) in [6, 6.07) is 0.886. The van der Waals surface area contributed by atoms with Crippen molar-refractivity contribution < 1.29 is 24.2 Å². The number of carbonyl (C=O) groups is 3. The third kappa shape index (κ3) is 2.18. The lowest BCUT2D eigenvalue weighted by Crippen LogP contribution is -2.70. The number of nitrogens with zero attached hydrogens (tertiary/aromatic N) is 2. The number of amides is 2. The maximum atomic E-state index is 12.0. The van der Waals surface area contributed by atoms with Crippen molar-refractivity contribution in [2.24, 2.45) is 0 Å². The fourth-order valence-corrected chi connectivity index (χ4v) is 3.36. The van der Waals surface area contributed by atoms with Crippen LogP contribution in [0.4, 0.5) is 0 Å². The summed E-state index contributed by atoms with van der Waals surface area (Å²) >= 11 is 1.30. The molecule has 0 aliphatic carbocycles. The molecule has 0 aromatic rings. The van der Waals surface area contributed by atoms with Gasteiger partial charge in [0.15, 0.2) is 5.70 Å². The maximum absolute atomic E-state index is 12.0. The number of fused-ring (bicyclic) bond motifs is 1. The summed E-state index contributed by atoms with van der Waals surface area (Å²) in [5, 5.41) is 19.5. The third-order valence-electron chi connectivity index (χ3n) is 2.94. The van der Waals surface area contributed by atoms with Crippen LogP contribution in [0.5, 0.6) is 0 Å². The van der Waals surface area contributed by atoms with Crippen LogP contribution in [0.15, 0.2) is 11.5 Å². The van der Waals surface area contributed by atoms with Crippen LogP contribution in [0, 0.1) is 11.3 Å². The molecule has 20 heavy (non-hydrogen) atoms. The first-order valence-electron chi connectivity index (χ1n) is 5.62. The van der Waals surface area contributed by atoms with Crippen LogP contribution in [-0.2, 0) is 19.1 Å². The van der Waals surface area contributed by atoms with Gasteiger partial charge in [0.2, 0.25) is 5.91 Å². The minimum atomic E-state index is -1.25. The largest absolute Gasteiger partial charge is 0.498 e. The molecule has 1 saturated heterocycles. The van der Waals surface area contributed by atoms with Gasteiger partial charge in [-0.1, -0.05) is 0 Å². The van der Waals surface area contributed by atoms with Crippen molar-refractivity contribution in [2.75, 3.05) is 12.9 Å². The molecule has 0 bridgehead atoms. The molecule has 2 atom stereocenters. The zero-order valence-electron chi connectivity index (χ0n) is 10.5. The molecule has 0 unspecified atom stereocenters. The summed E-state index contributed by atoms with van der Waals surface area (Å²) in [7, 11) is 1.34. The van der Waals surface area contributed by atoms with Crippen molar-refractivity contribution in [3.05, 3.63) is 11.5 Å². The van der Waals surface area contributed by atoms with Gasteiger partial charge in [-0.15, -0.1) is 11.8 Å². The highest BCUT2D eigenvalue weighted by Gasteiger charge is 2.54. The molecule has 0 aromatic heterocycles. The quantitative estimate of drug-likeness (QED) is 0.654. The first kappa shape index (κ1) is 14.2. The lowest BCUT2D eigenvalue weighted by Gasteiger charge is -2.48. The molecule has 2 aliphatic heterocycles. The second-order valence-electron chi connectivity index (χ2n) is 4.07. The minimum absolute atomic E-state index is 0.188. The number of methoxy groups -OCH3 is 1. The molecule has 8 nitrogen and oxygen atoms in total. The van der Waals surface area contributed by atoms with Gasteiger partial charge < -0.3 is 15.2 Å². The van der Waals surface area contributed by atoms with Gasteiger partial charge in [-0.25, -0.2) is 4.79 Å². The Bertz CT molecular complexity index is 553. The molecule has 2 N–H and O–H groups in total. The van der Waals surface area contributed by atoms with Gasteiger partial charge in [-0.05, 0) is 0 Å². The second kappa shape index (κ2) is 5.42. The van der Waals surface area contributed by atoms with Crippen molar-refractivity contribution in [1.82, 2.24) is 10.2 Å². The van der Waals surface area contributed by atoms with E-state index < -0.39 is 29.2 Å². The molecule has 2 amide bonds. The number of β-lactam (4-membered cyclic amide) rings is 1. The molecule has 9 heteroatoms. The Labute approximate surface area is 118 Å². The average molecular weight is 297 g/mol. The van der Waals surface area contributed by atoms with Crippen LogP contribution >= 0.6 is 11.8 Å². The highest BCUT2D eigenvalue weighted by molar-refractivity contribution is 8.00. The number of hydrogen-bond acceptors (Lipinski definition) is 6. The average Bonchev–Trinajstić information content (AvgIpc) is 2.43. The van der Waals surface area contributed by atoms with Crippen molar-refractivity contribution in [3.8, 4) is 6.07 Å². The number of nitriles is 1. The predicted molar refractivity (Wildman–Crippen MR) is 66.9 cm³/mol. The molecule has 0 saturated carbocycles. The van der Waals surface area contributed by atoms with E-state index in [1.807, 2.05) is 0 Å². The zero-order chi connectivity index (χ0) is 14.9. The van der Waals surface area contributed by atoms with E-state index in [1.165, 1.54) is 18.9 Å². The summed E-state index contributed by atoms with van der Waals surface area (Å²) in [4.78, 5) is 35.6. The number of carbonyl (C=O) groups excluding carboxylic acids is 2. The van der Waals surface area contributed by atoms with E-state index in [1.54, 1.807) is 6.07 Å². The van der Waals surface area contributed by atoms with Gasteiger partial charge in [0.25, 0.3) is 5.91 Å². The summed E-state index contributed by atoms with van der Waals surface area (Å²) in [6.45, 7) is 0. The van der Waals surface area contributed by atoms with E-state index in [-0.39, 0.29) is 17.9 Å². The maximum Gasteiger partial charge on any atom is 0.356 e. The van der Waals surface area contributed by atoms with Gasteiger partial charge in [-0.3, -0.25) is 14.5 Å². The van der Waals surface area contributed by atoms with Gasteiger partial charge in [0.1, 0.15) is 23.6 Å². The monoisotopic (exact) mass is 297 g/mol. The highest BCUT2D eigenvalue weighted by Crippen LogP contribution is 2.40. The van der Waals surface area contributed by atoms with Crippen molar-refractivity contribution in [1.29, 1.82) is 5.26 Å². The molecule has 2 heterocycles. The Balaban J connectivity index is 2.17. The lowest BCUT2D eigenvalue weighted by molar-refractivity contribution is -0.151. The van der Waals surface area contributed by atoms with Crippen molar-refractivity contribution in [3.63, 3.8) is 0 Å². The van der Waals surface area contributed by atoms with Crippen LogP contribution < -0.4 is 5.32 Å². The Morgan fingerprint density at radius 3 is 2.90 bits per heavy atom. The Morgan fingerprint density at radius 2 is 2.35 bits per heavy atom. The molecule has 2 rings (SSSR count). The van der Waals surface area contributed by atoms with Crippen LogP contribution in [0.2, 0.25) is 0 Å². The van der Waals surface area contributed by atoms with E-state index >= 15 is 0 Å². The normalized spacial score (nSPS) is 24.4. The number of aliphatic carboxylic acids is 1. The first-order valence-corrected chi connectivity index (χ1v) is 6.67. The number of nitrogens with one attached hydrogen (secondary N) is 1. The second-order valence-corrected chi connectivity index (χ2v) is 5.18. The number of thioether (sulfide) groups is 1. The summed E-state index contributed by atoms with van der Waals surface area (Å²) in [5.41, 5.74) is -0.188. The van der Waals surface area contributed by atoms with E-state index in [0.717, 1.165) is 4.90 Å². The van der Waals surface area contributed by atoms with Crippen LogP contribution in [0.3, 0.4) is 0 Å². The fraction of sp³-hybridized carbons (Fsp3) is 0.455. The van der Waals surface area contributed by atoms with Crippen LogP contribution in [0.1, 0.15) is 6.42 Å². The minimum Gasteiger partial charge on any atom is -0.498 e. The Hall–Kier alpha value is -2.21. The molecule has 1 fully saturated rings. The number of carboxylic acid groups (broad SMARTS) is 1. The molecular formula is C11H11N3O5S. The smallest absolute Gasteiger partial charge is 0.356 e.